The molecule has 1 aromatic heterocycles. The van der Waals surface area contributed by atoms with E-state index in [1.165, 1.54) is 6.33 Å². The molecule has 2 aromatic carbocycles. The zero-order valence-corrected chi connectivity index (χ0v) is 13.6. The van der Waals surface area contributed by atoms with E-state index < -0.39 is 6.10 Å². The van der Waals surface area contributed by atoms with Crippen molar-refractivity contribution in [3.63, 3.8) is 0 Å². The van der Waals surface area contributed by atoms with Crippen molar-refractivity contribution >= 4 is 5.91 Å². The summed E-state index contributed by atoms with van der Waals surface area (Å²) < 4.78 is 1.55. The molecule has 3 aromatic rings. The van der Waals surface area contributed by atoms with Gasteiger partial charge in [0.1, 0.15) is 6.33 Å². The number of hydrogen-bond acceptors (Lipinski definition) is 5. The Labute approximate surface area is 145 Å². The molecule has 0 fully saturated rings. The van der Waals surface area contributed by atoms with Gasteiger partial charge in [0, 0.05) is 6.54 Å². The third kappa shape index (κ3) is 4.71. The van der Waals surface area contributed by atoms with Gasteiger partial charge in [-0.2, -0.15) is 0 Å². The number of carbonyl (C=O) groups excluding carboxylic acids is 1. The van der Waals surface area contributed by atoms with Crippen molar-refractivity contribution in [3.05, 3.63) is 72.1 Å². The van der Waals surface area contributed by atoms with Gasteiger partial charge in [-0.25, -0.2) is 4.68 Å². The van der Waals surface area contributed by atoms with Crippen LogP contribution in [-0.2, 0) is 11.2 Å². The minimum absolute atomic E-state index is 0.0737. The summed E-state index contributed by atoms with van der Waals surface area (Å²) in [7, 11) is 0. The average molecular weight is 337 g/mol. The second kappa shape index (κ2) is 8.16. The zero-order chi connectivity index (χ0) is 17.5. The van der Waals surface area contributed by atoms with Crippen LogP contribution in [0.4, 0.5) is 0 Å². The number of benzene rings is 2. The van der Waals surface area contributed by atoms with Gasteiger partial charge in [-0.05, 0) is 40.1 Å². The Morgan fingerprint density at radius 1 is 1.12 bits per heavy atom. The van der Waals surface area contributed by atoms with Crippen LogP contribution in [0.3, 0.4) is 0 Å². The van der Waals surface area contributed by atoms with Crippen LogP contribution in [-0.4, -0.2) is 37.8 Å². The minimum atomic E-state index is -0.572. The summed E-state index contributed by atoms with van der Waals surface area (Å²) in [5, 5.41) is 23.9. The monoisotopic (exact) mass is 337 g/mol. The van der Waals surface area contributed by atoms with Gasteiger partial charge in [0.05, 0.1) is 18.2 Å². The van der Waals surface area contributed by atoms with Crippen molar-refractivity contribution < 1.29 is 9.90 Å². The zero-order valence-electron chi connectivity index (χ0n) is 13.6. The Bertz CT molecular complexity index is 788. The molecule has 128 valence electrons. The Hall–Kier alpha value is -3.06. The van der Waals surface area contributed by atoms with Gasteiger partial charge in [0.25, 0.3) is 0 Å². The van der Waals surface area contributed by atoms with Gasteiger partial charge in [-0.1, -0.05) is 42.5 Å². The van der Waals surface area contributed by atoms with E-state index >= 15 is 0 Å². The fraction of sp³-hybridized carbons (Fsp3) is 0.222. The van der Waals surface area contributed by atoms with Crippen LogP contribution in [0.1, 0.15) is 23.7 Å². The molecule has 1 atom stereocenters. The number of carbonyl (C=O) groups is 1. The smallest absolute Gasteiger partial charge is 0.224 e. The molecular weight excluding hydrogens is 318 g/mol. The second-order valence-electron chi connectivity index (χ2n) is 5.66. The van der Waals surface area contributed by atoms with Crippen LogP contribution in [0.15, 0.2) is 60.9 Å². The number of hydrogen-bond donors (Lipinski definition) is 2. The number of rotatable bonds is 7. The molecule has 0 aliphatic carbocycles. The van der Waals surface area contributed by atoms with Gasteiger partial charge >= 0.3 is 0 Å². The molecule has 3 rings (SSSR count). The van der Waals surface area contributed by atoms with Crippen LogP contribution in [0.25, 0.3) is 5.69 Å². The van der Waals surface area contributed by atoms with Gasteiger partial charge < -0.3 is 10.4 Å². The standard InChI is InChI=1S/C18H19N5O2/c24-17(15-4-2-1-3-5-15)10-11-19-18(25)12-14-6-8-16(9-7-14)23-13-20-21-22-23/h1-9,13,17,24H,10-12H2,(H,19,25)/t17-/m0/s1. The number of amides is 1. The highest BCUT2D eigenvalue weighted by Gasteiger charge is 2.08. The normalized spacial score (nSPS) is 11.9. The third-order valence-electron chi connectivity index (χ3n) is 3.84. The Morgan fingerprint density at radius 2 is 1.88 bits per heavy atom. The Morgan fingerprint density at radius 3 is 2.56 bits per heavy atom. The fourth-order valence-corrected chi connectivity index (χ4v) is 2.48. The van der Waals surface area contributed by atoms with Crippen molar-refractivity contribution in [2.45, 2.75) is 18.9 Å². The van der Waals surface area contributed by atoms with Crippen LogP contribution in [0, 0.1) is 0 Å². The molecule has 0 unspecified atom stereocenters. The number of nitrogens with one attached hydrogen (secondary N) is 1. The average Bonchev–Trinajstić information content (AvgIpc) is 3.18. The first-order valence-electron chi connectivity index (χ1n) is 8.04. The van der Waals surface area contributed by atoms with Crippen molar-refractivity contribution in [2.75, 3.05) is 6.54 Å². The lowest BCUT2D eigenvalue weighted by Crippen LogP contribution is -2.27. The van der Waals surface area contributed by atoms with Gasteiger partial charge in [0.2, 0.25) is 5.91 Å². The molecule has 1 amide bonds. The van der Waals surface area contributed by atoms with E-state index in [9.17, 15) is 9.90 Å². The summed E-state index contributed by atoms with van der Waals surface area (Å²) >= 11 is 0. The molecule has 2 N–H and O–H groups in total. The SMILES string of the molecule is O=C(Cc1ccc(-n2cnnn2)cc1)NCC[C@H](O)c1ccccc1. The first-order valence-corrected chi connectivity index (χ1v) is 8.04. The number of nitrogens with zero attached hydrogens (tertiary/aromatic N) is 4. The maximum absolute atomic E-state index is 12.0. The summed E-state index contributed by atoms with van der Waals surface area (Å²) in [4.78, 5) is 12.0. The molecule has 0 spiro atoms. The second-order valence-corrected chi connectivity index (χ2v) is 5.66. The Balaban J connectivity index is 1.45. The molecule has 7 heteroatoms. The van der Waals surface area contributed by atoms with E-state index in [1.54, 1.807) is 4.68 Å². The van der Waals surface area contributed by atoms with Gasteiger partial charge in [0.15, 0.2) is 0 Å². The van der Waals surface area contributed by atoms with Crippen LogP contribution in [0.2, 0.25) is 0 Å². The summed E-state index contributed by atoms with van der Waals surface area (Å²) in [6.07, 6.45) is 1.71. The maximum atomic E-state index is 12.0. The van der Waals surface area contributed by atoms with E-state index in [-0.39, 0.29) is 12.3 Å². The maximum Gasteiger partial charge on any atom is 0.224 e. The fourth-order valence-electron chi connectivity index (χ4n) is 2.48. The van der Waals surface area contributed by atoms with Crippen molar-refractivity contribution in [3.8, 4) is 5.69 Å². The van der Waals surface area contributed by atoms with Crippen LogP contribution >= 0.6 is 0 Å². The highest BCUT2D eigenvalue weighted by molar-refractivity contribution is 5.78. The van der Waals surface area contributed by atoms with Gasteiger partial charge in [-0.3, -0.25) is 4.79 Å². The van der Waals surface area contributed by atoms with E-state index in [2.05, 4.69) is 20.8 Å². The minimum Gasteiger partial charge on any atom is -0.388 e. The third-order valence-corrected chi connectivity index (χ3v) is 3.84. The molecule has 0 bridgehead atoms. The molecular formula is C18H19N5O2. The topological polar surface area (TPSA) is 92.9 Å². The molecule has 25 heavy (non-hydrogen) atoms. The molecule has 1 heterocycles. The van der Waals surface area contributed by atoms with E-state index in [1.807, 2.05) is 54.6 Å². The number of aliphatic hydroxyl groups is 1. The van der Waals surface area contributed by atoms with Crippen molar-refractivity contribution in [1.29, 1.82) is 0 Å². The lowest BCUT2D eigenvalue weighted by Gasteiger charge is -2.11. The first kappa shape index (κ1) is 16.8. The molecule has 0 aliphatic rings. The number of tetrazole rings is 1. The predicted octanol–water partition coefficient (Wildman–Crippen LogP) is 1.44. The number of aromatic nitrogens is 4. The Kier molecular flexibility index (Phi) is 5.48. The lowest BCUT2D eigenvalue weighted by molar-refractivity contribution is -0.120. The largest absolute Gasteiger partial charge is 0.388 e. The van der Waals surface area contributed by atoms with Crippen LogP contribution < -0.4 is 5.32 Å². The van der Waals surface area contributed by atoms with E-state index in [0.29, 0.717) is 13.0 Å². The van der Waals surface area contributed by atoms with Gasteiger partial charge in [-0.15, -0.1) is 5.10 Å². The molecule has 0 saturated heterocycles. The summed E-state index contributed by atoms with van der Waals surface area (Å²) in [6.45, 7) is 0.428. The van der Waals surface area contributed by atoms with Crippen LogP contribution in [0.5, 0.6) is 0 Å². The predicted molar refractivity (Wildman–Crippen MR) is 91.9 cm³/mol. The highest BCUT2D eigenvalue weighted by atomic mass is 16.3. The molecule has 0 saturated carbocycles. The first-order chi connectivity index (χ1) is 12.2. The molecule has 0 aliphatic heterocycles. The summed E-state index contributed by atoms with van der Waals surface area (Å²) in [5.41, 5.74) is 2.59. The molecule has 0 radical (unpaired) electrons. The highest BCUT2D eigenvalue weighted by Crippen LogP contribution is 2.15. The quantitative estimate of drug-likeness (QED) is 0.680. The molecule has 7 nitrogen and oxygen atoms in total. The summed E-state index contributed by atoms with van der Waals surface area (Å²) in [5.74, 6) is -0.0737. The summed E-state index contributed by atoms with van der Waals surface area (Å²) in [6, 6.07) is 16.9. The van der Waals surface area contributed by atoms with E-state index in [4.69, 9.17) is 0 Å². The van der Waals surface area contributed by atoms with Crippen molar-refractivity contribution in [2.24, 2.45) is 0 Å². The van der Waals surface area contributed by atoms with E-state index in [0.717, 1.165) is 16.8 Å². The lowest BCUT2D eigenvalue weighted by atomic mass is 10.1. The van der Waals surface area contributed by atoms with Crippen molar-refractivity contribution in [1.82, 2.24) is 25.5 Å². The number of aliphatic hydroxyl groups excluding tert-OH is 1.